The van der Waals surface area contributed by atoms with Gasteiger partial charge in [-0.05, 0) is 25.4 Å². The molecule has 0 bridgehead atoms. The molecule has 0 rings (SSSR count). The predicted octanol–water partition coefficient (Wildman–Crippen LogP) is 1.34. The molecule has 1 atom stereocenters. The largest absolute Gasteiger partial charge is 0.389 e. The SMILES string of the molecule is CCCN(CC)CCNCC(O)COCC(C)C. The van der Waals surface area contributed by atoms with E-state index in [1.807, 2.05) is 0 Å². The van der Waals surface area contributed by atoms with Gasteiger partial charge in [-0.15, -0.1) is 0 Å². The summed E-state index contributed by atoms with van der Waals surface area (Å²) in [5.74, 6) is 0.525. The fourth-order valence-corrected chi connectivity index (χ4v) is 1.75. The summed E-state index contributed by atoms with van der Waals surface area (Å²) in [5, 5.41) is 13.0. The van der Waals surface area contributed by atoms with Crippen molar-refractivity contribution in [3.8, 4) is 0 Å². The summed E-state index contributed by atoms with van der Waals surface area (Å²) in [6.45, 7) is 14.6. The van der Waals surface area contributed by atoms with Crippen molar-refractivity contribution in [1.82, 2.24) is 10.2 Å². The number of likely N-dealkylation sites (N-methyl/N-ethyl adjacent to an activating group) is 1. The Kier molecular flexibility index (Phi) is 11.8. The van der Waals surface area contributed by atoms with Gasteiger partial charge in [-0.3, -0.25) is 0 Å². The average Bonchev–Trinajstić information content (AvgIpc) is 2.32. The molecule has 0 spiro atoms. The van der Waals surface area contributed by atoms with E-state index in [4.69, 9.17) is 4.74 Å². The Balaban J connectivity index is 3.41. The summed E-state index contributed by atoms with van der Waals surface area (Å²) in [5.41, 5.74) is 0. The lowest BCUT2D eigenvalue weighted by Crippen LogP contribution is -2.37. The third-order valence-electron chi connectivity index (χ3n) is 2.73. The third kappa shape index (κ3) is 11.0. The quantitative estimate of drug-likeness (QED) is 0.520. The molecule has 18 heavy (non-hydrogen) atoms. The summed E-state index contributed by atoms with van der Waals surface area (Å²) in [7, 11) is 0. The van der Waals surface area contributed by atoms with Crippen molar-refractivity contribution in [2.45, 2.75) is 40.2 Å². The van der Waals surface area contributed by atoms with Crippen LogP contribution in [-0.2, 0) is 4.74 Å². The molecule has 1 unspecified atom stereocenters. The number of nitrogens with zero attached hydrogens (tertiary/aromatic N) is 1. The molecule has 0 fully saturated rings. The van der Waals surface area contributed by atoms with Crippen molar-refractivity contribution in [3.05, 3.63) is 0 Å². The number of ether oxygens (including phenoxy) is 1. The van der Waals surface area contributed by atoms with Crippen LogP contribution in [0.4, 0.5) is 0 Å². The van der Waals surface area contributed by atoms with Gasteiger partial charge in [-0.1, -0.05) is 27.7 Å². The van der Waals surface area contributed by atoms with Crippen LogP contribution < -0.4 is 5.32 Å². The van der Waals surface area contributed by atoms with Gasteiger partial charge < -0.3 is 20.1 Å². The molecule has 4 heteroatoms. The zero-order valence-corrected chi connectivity index (χ0v) is 12.6. The summed E-state index contributed by atoms with van der Waals surface area (Å²) in [6.07, 6.45) is 0.796. The fraction of sp³-hybridized carbons (Fsp3) is 1.00. The highest BCUT2D eigenvalue weighted by Crippen LogP contribution is 1.94. The first-order valence-corrected chi connectivity index (χ1v) is 7.28. The Hall–Kier alpha value is -0.160. The highest BCUT2D eigenvalue weighted by molar-refractivity contribution is 4.61. The second-order valence-electron chi connectivity index (χ2n) is 5.22. The molecule has 0 aromatic carbocycles. The molecule has 4 nitrogen and oxygen atoms in total. The second-order valence-corrected chi connectivity index (χ2v) is 5.22. The molecule has 0 saturated heterocycles. The molecule has 0 aromatic heterocycles. The molecular weight excluding hydrogens is 228 g/mol. The second kappa shape index (κ2) is 11.9. The molecule has 0 aromatic rings. The molecule has 0 saturated carbocycles. The Bertz CT molecular complexity index is 177. The van der Waals surface area contributed by atoms with Crippen LogP contribution in [0.15, 0.2) is 0 Å². The fourth-order valence-electron chi connectivity index (χ4n) is 1.75. The monoisotopic (exact) mass is 260 g/mol. The molecule has 0 radical (unpaired) electrons. The highest BCUT2D eigenvalue weighted by Gasteiger charge is 2.05. The van der Waals surface area contributed by atoms with E-state index in [9.17, 15) is 5.11 Å². The summed E-state index contributed by atoms with van der Waals surface area (Å²) in [6, 6.07) is 0. The van der Waals surface area contributed by atoms with Gasteiger partial charge in [-0.25, -0.2) is 0 Å². The standard InChI is InChI=1S/C14H32N2O2/c1-5-8-16(6-2)9-7-15-10-14(17)12-18-11-13(3)4/h13-15,17H,5-12H2,1-4H3. The van der Waals surface area contributed by atoms with E-state index in [1.54, 1.807) is 0 Å². The van der Waals surface area contributed by atoms with E-state index in [1.165, 1.54) is 6.42 Å². The first-order chi connectivity index (χ1) is 8.60. The summed E-state index contributed by atoms with van der Waals surface area (Å²) < 4.78 is 5.39. The zero-order chi connectivity index (χ0) is 13.8. The average molecular weight is 260 g/mol. The Morgan fingerprint density at radius 3 is 2.44 bits per heavy atom. The Labute approximate surface area is 113 Å². The minimum atomic E-state index is -0.398. The smallest absolute Gasteiger partial charge is 0.0897 e. The van der Waals surface area contributed by atoms with Gasteiger partial charge in [0, 0.05) is 26.2 Å². The minimum Gasteiger partial charge on any atom is -0.389 e. The molecule has 0 aliphatic rings. The van der Waals surface area contributed by atoms with E-state index in [2.05, 4.69) is 37.9 Å². The van der Waals surface area contributed by atoms with Gasteiger partial charge in [0.15, 0.2) is 0 Å². The van der Waals surface area contributed by atoms with Gasteiger partial charge >= 0.3 is 0 Å². The summed E-state index contributed by atoms with van der Waals surface area (Å²) >= 11 is 0. The first-order valence-electron chi connectivity index (χ1n) is 7.28. The van der Waals surface area contributed by atoms with Crippen molar-refractivity contribution in [2.75, 3.05) is 45.9 Å². The number of aliphatic hydroxyl groups is 1. The van der Waals surface area contributed by atoms with Gasteiger partial charge in [0.1, 0.15) is 0 Å². The van der Waals surface area contributed by atoms with Crippen LogP contribution in [0.1, 0.15) is 34.1 Å². The van der Waals surface area contributed by atoms with Gasteiger partial charge in [0.2, 0.25) is 0 Å². The highest BCUT2D eigenvalue weighted by atomic mass is 16.5. The van der Waals surface area contributed by atoms with Crippen LogP contribution in [-0.4, -0.2) is 62.0 Å². The van der Waals surface area contributed by atoms with Gasteiger partial charge in [-0.2, -0.15) is 0 Å². The predicted molar refractivity (Wildman–Crippen MR) is 76.9 cm³/mol. The molecule has 0 aliphatic heterocycles. The topological polar surface area (TPSA) is 44.7 Å². The van der Waals surface area contributed by atoms with E-state index in [-0.39, 0.29) is 0 Å². The van der Waals surface area contributed by atoms with E-state index in [0.29, 0.717) is 19.1 Å². The van der Waals surface area contributed by atoms with Crippen LogP contribution in [0.3, 0.4) is 0 Å². The summed E-state index contributed by atoms with van der Waals surface area (Å²) in [4.78, 5) is 2.41. The molecule has 0 heterocycles. The van der Waals surface area contributed by atoms with Crippen molar-refractivity contribution >= 4 is 0 Å². The number of hydrogen-bond donors (Lipinski definition) is 2. The maximum absolute atomic E-state index is 9.69. The van der Waals surface area contributed by atoms with Crippen molar-refractivity contribution in [1.29, 1.82) is 0 Å². The van der Waals surface area contributed by atoms with E-state index in [0.717, 1.165) is 32.8 Å². The van der Waals surface area contributed by atoms with Gasteiger partial charge in [0.05, 0.1) is 12.7 Å². The van der Waals surface area contributed by atoms with Crippen LogP contribution >= 0.6 is 0 Å². The van der Waals surface area contributed by atoms with Crippen molar-refractivity contribution in [2.24, 2.45) is 5.92 Å². The molecule has 0 amide bonds. The van der Waals surface area contributed by atoms with Crippen LogP contribution in [0, 0.1) is 5.92 Å². The zero-order valence-electron chi connectivity index (χ0n) is 12.6. The number of hydrogen-bond acceptors (Lipinski definition) is 4. The van der Waals surface area contributed by atoms with Crippen LogP contribution in [0.25, 0.3) is 0 Å². The van der Waals surface area contributed by atoms with E-state index < -0.39 is 6.10 Å². The molecule has 110 valence electrons. The van der Waals surface area contributed by atoms with Gasteiger partial charge in [0.25, 0.3) is 0 Å². The number of aliphatic hydroxyl groups excluding tert-OH is 1. The Morgan fingerprint density at radius 1 is 1.17 bits per heavy atom. The lowest BCUT2D eigenvalue weighted by molar-refractivity contribution is 0.0260. The Morgan fingerprint density at radius 2 is 1.89 bits per heavy atom. The van der Waals surface area contributed by atoms with Crippen LogP contribution in [0.5, 0.6) is 0 Å². The van der Waals surface area contributed by atoms with E-state index >= 15 is 0 Å². The van der Waals surface area contributed by atoms with Crippen LogP contribution in [0.2, 0.25) is 0 Å². The maximum Gasteiger partial charge on any atom is 0.0897 e. The molecule has 2 N–H and O–H groups in total. The first kappa shape index (κ1) is 17.8. The molecular formula is C14H32N2O2. The maximum atomic E-state index is 9.69. The lowest BCUT2D eigenvalue weighted by atomic mass is 10.2. The normalized spacial score (nSPS) is 13.5. The third-order valence-corrected chi connectivity index (χ3v) is 2.73. The van der Waals surface area contributed by atoms with Crippen molar-refractivity contribution < 1.29 is 9.84 Å². The molecule has 0 aliphatic carbocycles. The number of nitrogens with one attached hydrogen (secondary N) is 1. The minimum absolute atomic E-state index is 0.398. The van der Waals surface area contributed by atoms with Crippen molar-refractivity contribution in [3.63, 3.8) is 0 Å². The number of rotatable bonds is 12. The lowest BCUT2D eigenvalue weighted by Gasteiger charge is -2.20.